The zero-order chi connectivity index (χ0) is 29.2. The number of hydrogen-bond acceptors (Lipinski definition) is 5. The number of unbranched alkanes of at least 4 members (excludes halogenated alkanes) is 1. The van der Waals surface area contributed by atoms with Crippen molar-refractivity contribution in [2.24, 2.45) is 0 Å². The molecule has 0 saturated heterocycles. The molecule has 8 heteroatoms. The molecule has 0 fully saturated rings. The predicted octanol–water partition coefficient (Wildman–Crippen LogP) is 5.65. The summed E-state index contributed by atoms with van der Waals surface area (Å²) in [6.07, 6.45) is 0.485. The Hall–Kier alpha value is -4.17. The third-order valence-electron chi connectivity index (χ3n) is 7.40. The first-order chi connectivity index (χ1) is 19.9. The topological polar surface area (TPSA) is 114 Å². The van der Waals surface area contributed by atoms with Gasteiger partial charge in [-0.15, -0.1) is 0 Å². The summed E-state index contributed by atoms with van der Waals surface area (Å²) in [7, 11) is 0. The number of aliphatic carboxylic acids is 1. The van der Waals surface area contributed by atoms with Crippen LogP contribution in [-0.4, -0.2) is 47.9 Å². The Bertz CT molecular complexity index is 1280. The Morgan fingerprint density at radius 3 is 2.10 bits per heavy atom. The van der Waals surface area contributed by atoms with E-state index in [1.54, 1.807) is 6.92 Å². The molecule has 2 unspecified atom stereocenters. The van der Waals surface area contributed by atoms with Crippen molar-refractivity contribution in [2.75, 3.05) is 6.61 Å². The molecular weight excluding hydrogens is 520 g/mol. The summed E-state index contributed by atoms with van der Waals surface area (Å²) >= 11 is 0. The van der Waals surface area contributed by atoms with Crippen molar-refractivity contribution >= 4 is 18.0 Å². The lowest BCUT2D eigenvalue weighted by molar-refractivity contribution is -0.138. The number of benzene rings is 3. The van der Waals surface area contributed by atoms with E-state index in [4.69, 9.17) is 9.47 Å². The van der Waals surface area contributed by atoms with E-state index in [1.165, 1.54) is 0 Å². The third kappa shape index (κ3) is 7.95. The molecule has 216 valence electrons. The third-order valence-corrected chi connectivity index (χ3v) is 7.40. The van der Waals surface area contributed by atoms with Crippen molar-refractivity contribution in [3.05, 3.63) is 95.6 Å². The van der Waals surface area contributed by atoms with E-state index in [2.05, 4.69) is 22.8 Å². The number of rotatable bonds is 14. The van der Waals surface area contributed by atoms with E-state index in [0.717, 1.165) is 40.7 Å². The summed E-state index contributed by atoms with van der Waals surface area (Å²) in [5.41, 5.74) is 5.33. The van der Waals surface area contributed by atoms with Gasteiger partial charge in [-0.3, -0.25) is 9.59 Å². The first-order valence-corrected chi connectivity index (χ1v) is 14.2. The van der Waals surface area contributed by atoms with Gasteiger partial charge in [-0.05, 0) is 41.2 Å². The molecule has 3 atom stereocenters. The lowest BCUT2D eigenvalue weighted by Crippen LogP contribution is -2.55. The molecule has 0 heterocycles. The van der Waals surface area contributed by atoms with Crippen molar-refractivity contribution in [3.8, 4) is 11.1 Å². The van der Waals surface area contributed by atoms with E-state index >= 15 is 0 Å². The number of carbonyl (C=O) groups excluding carboxylic acids is 2. The molecular formula is C33H38N2O6. The first kappa shape index (κ1) is 29.8. The average Bonchev–Trinajstić information content (AvgIpc) is 3.30. The molecule has 0 saturated carbocycles. The van der Waals surface area contributed by atoms with Crippen LogP contribution in [0.5, 0.6) is 0 Å². The summed E-state index contributed by atoms with van der Waals surface area (Å²) in [4.78, 5) is 37.9. The predicted molar refractivity (Wildman–Crippen MR) is 156 cm³/mol. The van der Waals surface area contributed by atoms with Crippen LogP contribution in [0, 0.1) is 0 Å². The van der Waals surface area contributed by atoms with Crippen LogP contribution in [0.2, 0.25) is 0 Å². The number of fused-ring (bicyclic) bond motifs is 3. The lowest BCUT2D eigenvalue weighted by Gasteiger charge is -2.27. The first-order valence-electron chi connectivity index (χ1n) is 14.2. The maximum absolute atomic E-state index is 13.4. The SMILES string of the molecule is CCCC[C@H](CC(=O)O)NC(=O)C(NC(=O)OCC1c2ccccc2-c2ccccc21)C(C)OCc1ccccc1. The summed E-state index contributed by atoms with van der Waals surface area (Å²) in [5, 5.41) is 14.9. The van der Waals surface area contributed by atoms with Crippen LogP contribution < -0.4 is 10.6 Å². The molecule has 0 bridgehead atoms. The molecule has 1 aliphatic rings. The van der Waals surface area contributed by atoms with Gasteiger partial charge in [0.25, 0.3) is 0 Å². The lowest BCUT2D eigenvalue weighted by atomic mass is 9.98. The second-order valence-corrected chi connectivity index (χ2v) is 10.4. The maximum atomic E-state index is 13.4. The van der Waals surface area contributed by atoms with Crippen molar-refractivity contribution in [3.63, 3.8) is 0 Å². The summed E-state index contributed by atoms with van der Waals surface area (Å²) in [6, 6.07) is 24.0. The van der Waals surface area contributed by atoms with Crippen molar-refractivity contribution in [1.29, 1.82) is 0 Å². The van der Waals surface area contributed by atoms with Crippen LogP contribution in [0.15, 0.2) is 78.9 Å². The van der Waals surface area contributed by atoms with Gasteiger partial charge in [-0.2, -0.15) is 0 Å². The fraction of sp³-hybridized carbons (Fsp3) is 0.364. The Kier molecular flexibility index (Phi) is 10.5. The standard InChI is InChI=1S/C33H38N2O6/c1-3-4-14-24(19-30(36)37)34-32(38)31(22(2)40-20-23-12-6-5-7-13-23)35-33(39)41-21-29-27-17-10-8-15-25(27)26-16-9-11-18-28(26)29/h5-13,15-18,22,24,29,31H,3-4,14,19-21H2,1-2H3,(H,34,38)(H,35,39)(H,36,37)/t22?,24-,31?/m1/s1. The van der Waals surface area contributed by atoms with Gasteiger partial charge in [-0.1, -0.05) is 98.6 Å². The van der Waals surface area contributed by atoms with Gasteiger partial charge in [0.1, 0.15) is 12.6 Å². The Morgan fingerprint density at radius 2 is 1.49 bits per heavy atom. The molecule has 0 spiro atoms. The van der Waals surface area contributed by atoms with Crippen LogP contribution in [-0.2, 0) is 25.7 Å². The molecule has 0 aromatic heterocycles. The number of carboxylic acid groups (broad SMARTS) is 1. The van der Waals surface area contributed by atoms with Crippen LogP contribution in [0.25, 0.3) is 11.1 Å². The van der Waals surface area contributed by atoms with Gasteiger partial charge in [0, 0.05) is 12.0 Å². The molecule has 0 aliphatic heterocycles. The van der Waals surface area contributed by atoms with E-state index in [0.29, 0.717) is 6.42 Å². The van der Waals surface area contributed by atoms with Gasteiger partial charge in [0.15, 0.2) is 0 Å². The van der Waals surface area contributed by atoms with Crippen LogP contribution in [0.1, 0.15) is 62.1 Å². The molecule has 3 aromatic rings. The minimum absolute atomic E-state index is 0.103. The van der Waals surface area contributed by atoms with Crippen LogP contribution >= 0.6 is 0 Å². The Labute approximate surface area is 241 Å². The van der Waals surface area contributed by atoms with E-state index in [9.17, 15) is 19.5 Å². The Morgan fingerprint density at radius 1 is 0.878 bits per heavy atom. The minimum atomic E-state index is -1.09. The average molecular weight is 559 g/mol. The van der Waals surface area contributed by atoms with Crippen LogP contribution in [0.4, 0.5) is 4.79 Å². The normalized spacial score (nSPS) is 14.3. The van der Waals surface area contributed by atoms with E-state index in [-0.39, 0.29) is 25.6 Å². The van der Waals surface area contributed by atoms with E-state index in [1.807, 2.05) is 73.7 Å². The van der Waals surface area contributed by atoms with Crippen molar-refractivity contribution in [1.82, 2.24) is 10.6 Å². The number of carboxylic acids is 1. The van der Waals surface area contributed by atoms with E-state index < -0.39 is 36.2 Å². The number of nitrogens with one attached hydrogen (secondary N) is 2. The second-order valence-electron chi connectivity index (χ2n) is 10.4. The van der Waals surface area contributed by atoms with Gasteiger partial charge >= 0.3 is 12.1 Å². The van der Waals surface area contributed by atoms with Gasteiger partial charge in [0.05, 0.1) is 19.1 Å². The molecule has 2 amide bonds. The highest BCUT2D eigenvalue weighted by Gasteiger charge is 2.32. The smallest absolute Gasteiger partial charge is 0.407 e. The number of amides is 2. The maximum Gasteiger partial charge on any atom is 0.407 e. The quantitative estimate of drug-likeness (QED) is 0.236. The van der Waals surface area contributed by atoms with Crippen LogP contribution in [0.3, 0.4) is 0 Å². The monoisotopic (exact) mass is 558 g/mol. The number of alkyl carbamates (subject to hydrolysis) is 1. The molecule has 8 nitrogen and oxygen atoms in total. The number of hydrogen-bond donors (Lipinski definition) is 3. The summed E-state index contributed by atoms with van der Waals surface area (Å²) in [5.74, 6) is -1.64. The fourth-order valence-electron chi connectivity index (χ4n) is 5.24. The van der Waals surface area contributed by atoms with Crippen molar-refractivity contribution < 1.29 is 29.0 Å². The molecule has 0 radical (unpaired) electrons. The van der Waals surface area contributed by atoms with Crippen molar-refractivity contribution in [2.45, 2.75) is 70.2 Å². The second kappa shape index (κ2) is 14.5. The highest BCUT2D eigenvalue weighted by molar-refractivity contribution is 5.87. The zero-order valence-corrected chi connectivity index (χ0v) is 23.5. The highest BCUT2D eigenvalue weighted by Crippen LogP contribution is 2.44. The van der Waals surface area contributed by atoms with Gasteiger partial charge < -0.3 is 25.2 Å². The number of carbonyl (C=O) groups is 3. The molecule has 4 rings (SSSR count). The molecule has 41 heavy (non-hydrogen) atoms. The van der Waals surface area contributed by atoms with Gasteiger partial charge in [-0.25, -0.2) is 4.79 Å². The highest BCUT2D eigenvalue weighted by atomic mass is 16.5. The molecule has 3 aromatic carbocycles. The minimum Gasteiger partial charge on any atom is -0.481 e. The fourth-order valence-corrected chi connectivity index (χ4v) is 5.24. The molecule has 1 aliphatic carbocycles. The van der Waals surface area contributed by atoms with Gasteiger partial charge in [0.2, 0.25) is 5.91 Å². The largest absolute Gasteiger partial charge is 0.481 e. The Balaban J connectivity index is 1.45. The zero-order valence-electron chi connectivity index (χ0n) is 23.5. The molecule has 3 N–H and O–H groups in total. The summed E-state index contributed by atoms with van der Waals surface area (Å²) < 4.78 is 11.7. The summed E-state index contributed by atoms with van der Waals surface area (Å²) in [6.45, 7) is 4.05. The number of ether oxygens (including phenoxy) is 2.